The van der Waals surface area contributed by atoms with E-state index in [0.717, 1.165) is 23.1 Å². The van der Waals surface area contributed by atoms with Gasteiger partial charge in [0.25, 0.3) is 0 Å². The van der Waals surface area contributed by atoms with E-state index in [4.69, 9.17) is 4.74 Å². The maximum Gasteiger partial charge on any atom is 0.363 e. The molecular formula is C11H16N4O5S. The summed E-state index contributed by atoms with van der Waals surface area (Å²) in [7, 11) is -2.30. The van der Waals surface area contributed by atoms with E-state index in [1.807, 2.05) is 0 Å². The Morgan fingerprint density at radius 2 is 2.33 bits per heavy atom. The number of ether oxygens (including phenoxy) is 1. The molecule has 9 nitrogen and oxygen atoms in total. The first-order valence-corrected chi connectivity index (χ1v) is 7.74. The number of hydrogen-bond acceptors (Lipinski definition) is 7. The Hall–Kier alpha value is -1.62. The molecule has 0 radical (unpaired) electrons. The smallest absolute Gasteiger partial charge is 0.363 e. The first-order chi connectivity index (χ1) is 9.91. The van der Waals surface area contributed by atoms with Crippen molar-refractivity contribution < 1.29 is 18.1 Å². The van der Waals surface area contributed by atoms with Gasteiger partial charge in [-0.05, 0) is 16.0 Å². The predicted molar refractivity (Wildman–Crippen MR) is 73.3 cm³/mol. The molecular weight excluding hydrogens is 300 g/mol. The van der Waals surface area contributed by atoms with Crippen molar-refractivity contribution in [3.63, 3.8) is 0 Å². The van der Waals surface area contributed by atoms with E-state index in [9.17, 15) is 18.5 Å². The summed E-state index contributed by atoms with van der Waals surface area (Å²) in [6.07, 6.45) is 0.772. The van der Waals surface area contributed by atoms with Crippen LogP contribution in [0.25, 0.3) is 0 Å². The minimum atomic E-state index is -3.74. The van der Waals surface area contributed by atoms with Crippen LogP contribution in [0.2, 0.25) is 0 Å². The normalized spacial score (nSPS) is 19.6. The largest absolute Gasteiger partial charge is 0.374 e. The Balaban J connectivity index is 2.10. The van der Waals surface area contributed by atoms with Crippen molar-refractivity contribution in [2.24, 2.45) is 0 Å². The Kier molecular flexibility index (Phi) is 4.83. The van der Waals surface area contributed by atoms with Crippen molar-refractivity contribution in [2.45, 2.75) is 11.0 Å². The number of hydrogen-bond donors (Lipinski definition) is 1. The summed E-state index contributed by atoms with van der Waals surface area (Å²) < 4.78 is 31.3. The molecule has 1 atom stereocenters. The number of aromatic nitrogens is 1. The quantitative estimate of drug-likeness (QED) is 0.580. The van der Waals surface area contributed by atoms with Gasteiger partial charge in [-0.2, -0.15) is 4.31 Å². The average molecular weight is 316 g/mol. The lowest BCUT2D eigenvalue weighted by Gasteiger charge is -2.27. The van der Waals surface area contributed by atoms with E-state index >= 15 is 0 Å². The molecule has 10 heteroatoms. The lowest BCUT2D eigenvalue weighted by atomic mass is 10.3. The van der Waals surface area contributed by atoms with Crippen LogP contribution in [-0.2, 0) is 14.8 Å². The number of rotatable bonds is 5. The van der Waals surface area contributed by atoms with Crippen LogP contribution in [0.1, 0.15) is 0 Å². The third kappa shape index (κ3) is 3.73. The molecule has 21 heavy (non-hydrogen) atoms. The van der Waals surface area contributed by atoms with Gasteiger partial charge in [0.1, 0.15) is 4.90 Å². The molecule has 0 aromatic carbocycles. The van der Waals surface area contributed by atoms with Gasteiger partial charge >= 0.3 is 5.82 Å². The van der Waals surface area contributed by atoms with Crippen molar-refractivity contribution in [3.8, 4) is 0 Å². The van der Waals surface area contributed by atoms with Crippen LogP contribution >= 0.6 is 0 Å². The molecule has 0 spiro atoms. The number of nitro groups is 1. The highest BCUT2D eigenvalue weighted by Gasteiger charge is 2.26. The summed E-state index contributed by atoms with van der Waals surface area (Å²) in [5.41, 5.74) is 0. The van der Waals surface area contributed by atoms with Gasteiger partial charge in [-0.3, -0.25) is 0 Å². The number of morpholine rings is 1. The summed E-state index contributed by atoms with van der Waals surface area (Å²) in [6, 6.07) is 2.25. The minimum absolute atomic E-state index is 0.0839. The molecule has 1 aromatic rings. The molecule has 2 heterocycles. The van der Waals surface area contributed by atoms with Crippen molar-refractivity contribution in [2.75, 3.05) is 33.3 Å². The van der Waals surface area contributed by atoms with Gasteiger partial charge in [-0.15, -0.1) is 0 Å². The van der Waals surface area contributed by atoms with Crippen LogP contribution in [-0.4, -0.2) is 62.0 Å². The summed E-state index contributed by atoms with van der Waals surface area (Å²) >= 11 is 0. The van der Waals surface area contributed by atoms with Crippen molar-refractivity contribution in [1.29, 1.82) is 0 Å². The van der Waals surface area contributed by atoms with Gasteiger partial charge in [0.15, 0.2) is 6.20 Å². The van der Waals surface area contributed by atoms with Crippen LogP contribution in [0.4, 0.5) is 5.82 Å². The topological polar surface area (TPSA) is 115 Å². The standard InChI is InChI=1S/C11H16N4O5S/c1-14(8-9-6-12-4-5-20-9)21(18,19)10-2-3-11(13-7-10)15(16)17/h2-3,7,9,12H,4-6,8H2,1H3. The third-order valence-corrected chi connectivity index (χ3v) is 4.89. The SMILES string of the molecule is CN(CC1CNCCO1)S(=O)(=O)c1ccc([N+](=O)[O-])nc1. The molecule has 1 unspecified atom stereocenters. The highest BCUT2D eigenvalue weighted by Crippen LogP contribution is 2.16. The van der Waals surface area contributed by atoms with Crippen molar-refractivity contribution >= 4 is 15.8 Å². The Bertz CT molecular complexity index is 598. The Morgan fingerprint density at radius 3 is 2.86 bits per heavy atom. The van der Waals surface area contributed by atoms with Gasteiger partial charge in [0.2, 0.25) is 10.0 Å². The highest BCUT2D eigenvalue weighted by atomic mass is 32.2. The number of nitrogens with zero attached hydrogens (tertiary/aromatic N) is 3. The molecule has 1 N–H and O–H groups in total. The van der Waals surface area contributed by atoms with Crippen LogP contribution < -0.4 is 5.32 Å². The van der Waals surface area contributed by atoms with Gasteiger partial charge < -0.3 is 20.2 Å². The van der Waals surface area contributed by atoms with Gasteiger partial charge in [0, 0.05) is 32.7 Å². The molecule has 0 saturated carbocycles. The molecule has 1 aliphatic rings. The zero-order valence-electron chi connectivity index (χ0n) is 11.4. The summed E-state index contributed by atoms with van der Waals surface area (Å²) in [5, 5.41) is 13.6. The second-order valence-electron chi connectivity index (χ2n) is 4.59. The monoisotopic (exact) mass is 316 g/mol. The first kappa shape index (κ1) is 15.8. The summed E-state index contributed by atoms with van der Waals surface area (Å²) in [6.45, 7) is 2.07. The minimum Gasteiger partial charge on any atom is -0.374 e. The average Bonchev–Trinajstić information content (AvgIpc) is 2.48. The second kappa shape index (κ2) is 6.43. The van der Waals surface area contributed by atoms with Crippen molar-refractivity contribution in [3.05, 3.63) is 28.4 Å². The fraction of sp³-hybridized carbons (Fsp3) is 0.545. The van der Waals surface area contributed by atoms with Crippen LogP contribution in [0.5, 0.6) is 0 Å². The van der Waals surface area contributed by atoms with Gasteiger partial charge in [0.05, 0.1) is 12.7 Å². The third-order valence-electron chi connectivity index (χ3n) is 3.08. The zero-order chi connectivity index (χ0) is 15.5. The first-order valence-electron chi connectivity index (χ1n) is 6.30. The number of nitrogens with one attached hydrogen (secondary N) is 1. The Morgan fingerprint density at radius 1 is 1.57 bits per heavy atom. The van der Waals surface area contributed by atoms with Gasteiger partial charge in [-0.1, -0.05) is 0 Å². The van der Waals surface area contributed by atoms with E-state index in [0.29, 0.717) is 13.2 Å². The predicted octanol–water partition coefficient (Wildman–Crippen LogP) is -0.401. The van der Waals surface area contributed by atoms with Crippen LogP contribution in [0.15, 0.2) is 23.2 Å². The highest BCUT2D eigenvalue weighted by molar-refractivity contribution is 7.89. The summed E-state index contributed by atoms with van der Waals surface area (Å²) in [4.78, 5) is 13.3. The molecule has 116 valence electrons. The molecule has 1 fully saturated rings. The van der Waals surface area contributed by atoms with Gasteiger partial charge in [-0.25, -0.2) is 8.42 Å². The van der Waals surface area contributed by atoms with E-state index in [1.54, 1.807) is 0 Å². The molecule has 1 aromatic heterocycles. The molecule has 0 bridgehead atoms. The molecule has 2 rings (SSSR count). The molecule has 1 aliphatic heterocycles. The fourth-order valence-corrected chi connectivity index (χ4v) is 3.08. The molecule has 1 saturated heterocycles. The molecule has 0 amide bonds. The molecule has 0 aliphatic carbocycles. The lowest BCUT2D eigenvalue weighted by Crippen LogP contribution is -2.45. The van der Waals surface area contributed by atoms with Crippen molar-refractivity contribution in [1.82, 2.24) is 14.6 Å². The van der Waals surface area contributed by atoms with E-state index < -0.39 is 20.8 Å². The zero-order valence-corrected chi connectivity index (χ0v) is 12.2. The fourth-order valence-electron chi connectivity index (χ4n) is 1.93. The number of pyridine rings is 1. The maximum atomic E-state index is 12.3. The van der Waals surface area contributed by atoms with E-state index in [2.05, 4.69) is 10.3 Å². The van der Waals surface area contributed by atoms with E-state index in [1.165, 1.54) is 13.1 Å². The maximum absolute atomic E-state index is 12.3. The number of sulfonamides is 1. The van der Waals surface area contributed by atoms with Crippen LogP contribution in [0, 0.1) is 10.1 Å². The van der Waals surface area contributed by atoms with E-state index in [-0.39, 0.29) is 17.5 Å². The van der Waals surface area contributed by atoms with Crippen LogP contribution in [0.3, 0.4) is 0 Å². The summed E-state index contributed by atoms with van der Waals surface area (Å²) in [5.74, 6) is -0.392. The number of likely N-dealkylation sites (N-methyl/N-ethyl adjacent to an activating group) is 1. The Labute approximate surface area is 122 Å². The second-order valence-corrected chi connectivity index (χ2v) is 6.64. The lowest BCUT2D eigenvalue weighted by molar-refractivity contribution is -0.389.